The molecule has 0 amide bonds. The molecule has 3 heteroatoms. The van der Waals surface area contributed by atoms with Gasteiger partial charge in [0.2, 0.25) is 0 Å². The molecule has 0 saturated carbocycles. The first-order valence-electron chi connectivity index (χ1n) is 4.38. The van der Waals surface area contributed by atoms with Crippen molar-refractivity contribution >= 4 is 0 Å². The van der Waals surface area contributed by atoms with Crippen molar-refractivity contribution in [3.05, 3.63) is 29.6 Å². The van der Waals surface area contributed by atoms with Crippen LogP contribution < -0.4 is 4.74 Å². The number of fused-ring (bicyclic) bond motifs is 1. The highest BCUT2D eigenvalue weighted by atomic mass is 19.1. The van der Waals surface area contributed by atoms with Crippen molar-refractivity contribution in [1.29, 1.82) is 0 Å². The van der Waals surface area contributed by atoms with Gasteiger partial charge in [-0.25, -0.2) is 4.39 Å². The largest absolute Gasteiger partial charge is 0.490 e. The zero-order valence-electron chi connectivity index (χ0n) is 7.16. The van der Waals surface area contributed by atoms with Gasteiger partial charge < -0.3 is 9.84 Å². The Morgan fingerprint density at radius 2 is 2.31 bits per heavy atom. The molecule has 70 valence electrons. The fourth-order valence-electron chi connectivity index (χ4n) is 1.55. The lowest BCUT2D eigenvalue weighted by molar-refractivity contribution is 0.167. The first-order chi connectivity index (χ1) is 6.29. The maximum absolute atomic E-state index is 13.2. The average molecular weight is 182 g/mol. The Morgan fingerprint density at radius 3 is 3.15 bits per heavy atom. The molecule has 1 aromatic rings. The Balaban J connectivity index is 2.47. The number of aliphatic hydroxyl groups is 1. The predicted molar refractivity (Wildman–Crippen MR) is 46.1 cm³/mol. The van der Waals surface area contributed by atoms with E-state index in [0.29, 0.717) is 18.6 Å². The second kappa shape index (κ2) is 3.34. The van der Waals surface area contributed by atoms with Gasteiger partial charge in [0, 0.05) is 5.56 Å². The van der Waals surface area contributed by atoms with E-state index in [0.717, 1.165) is 6.42 Å². The van der Waals surface area contributed by atoms with Crippen LogP contribution in [0, 0.1) is 5.82 Å². The number of hydrogen-bond donors (Lipinski definition) is 1. The van der Waals surface area contributed by atoms with Gasteiger partial charge in [0.15, 0.2) is 11.6 Å². The van der Waals surface area contributed by atoms with Crippen LogP contribution in [0.25, 0.3) is 0 Å². The first kappa shape index (κ1) is 8.51. The quantitative estimate of drug-likeness (QED) is 0.665. The Kier molecular flexibility index (Phi) is 2.19. The number of para-hydroxylation sites is 1. The highest BCUT2D eigenvalue weighted by molar-refractivity contribution is 5.37. The van der Waals surface area contributed by atoms with E-state index in [1.165, 1.54) is 6.07 Å². The van der Waals surface area contributed by atoms with Crippen LogP contribution in [0.2, 0.25) is 0 Å². The Morgan fingerprint density at radius 1 is 1.46 bits per heavy atom. The smallest absolute Gasteiger partial charge is 0.165 e. The van der Waals surface area contributed by atoms with Gasteiger partial charge in [-0.2, -0.15) is 0 Å². The second-order valence-corrected chi connectivity index (χ2v) is 3.16. The topological polar surface area (TPSA) is 29.5 Å². The molecule has 0 spiro atoms. The first-order valence-corrected chi connectivity index (χ1v) is 4.38. The van der Waals surface area contributed by atoms with Crippen molar-refractivity contribution < 1.29 is 14.2 Å². The van der Waals surface area contributed by atoms with Crippen LogP contribution in [0.3, 0.4) is 0 Å². The van der Waals surface area contributed by atoms with Crippen LogP contribution in [0.15, 0.2) is 18.2 Å². The van der Waals surface area contributed by atoms with Gasteiger partial charge in [-0.1, -0.05) is 12.1 Å². The van der Waals surface area contributed by atoms with Crippen molar-refractivity contribution in [2.75, 3.05) is 6.61 Å². The summed E-state index contributed by atoms with van der Waals surface area (Å²) in [5, 5.41) is 9.62. The average Bonchev–Trinajstić information content (AvgIpc) is 2.30. The molecule has 1 aromatic carbocycles. The van der Waals surface area contributed by atoms with Crippen molar-refractivity contribution in [2.24, 2.45) is 0 Å². The maximum Gasteiger partial charge on any atom is 0.165 e. The van der Waals surface area contributed by atoms with E-state index in [4.69, 9.17) is 4.74 Å². The summed E-state index contributed by atoms with van der Waals surface area (Å²) in [6.45, 7) is 0.477. The summed E-state index contributed by atoms with van der Waals surface area (Å²) in [7, 11) is 0. The normalized spacial score (nSPS) is 21.5. The van der Waals surface area contributed by atoms with Gasteiger partial charge in [0.1, 0.15) is 0 Å². The van der Waals surface area contributed by atoms with Crippen LogP contribution >= 0.6 is 0 Å². The Hall–Kier alpha value is -1.09. The molecule has 0 saturated heterocycles. The minimum atomic E-state index is -0.590. The van der Waals surface area contributed by atoms with Gasteiger partial charge >= 0.3 is 0 Å². The monoisotopic (exact) mass is 182 g/mol. The lowest BCUT2D eigenvalue weighted by atomic mass is 10.1. The molecule has 1 N–H and O–H groups in total. The highest BCUT2D eigenvalue weighted by Crippen LogP contribution is 2.32. The molecule has 0 unspecified atom stereocenters. The molecule has 2 rings (SSSR count). The number of halogens is 1. The molecule has 0 aromatic heterocycles. The summed E-state index contributed by atoms with van der Waals surface area (Å²) < 4.78 is 18.4. The molecule has 1 heterocycles. The van der Waals surface area contributed by atoms with Crippen molar-refractivity contribution in [2.45, 2.75) is 18.9 Å². The minimum absolute atomic E-state index is 0.215. The van der Waals surface area contributed by atoms with Crippen LogP contribution in [-0.4, -0.2) is 11.7 Å². The summed E-state index contributed by atoms with van der Waals surface area (Å²) in [5.41, 5.74) is 0.567. The molecule has 1 aliphatic heterocycles. The molecule has 2 nitrogen and oxygen atoms in total. The third-order valence-corrected chi connectivity index (χ3v) is 2.22. The number of aliphatic hydroxyl groups excluding tert-OH is 1. The molecule has 1 aliphatic rings. The van der Waals surface area contributed by atoms with Crippen LogP contribution in [0.1, 0.15) is 24.5 Å². The standard InChI is InChI=1S/C10H11FO2/c11-8-4-1-3-7-9(12)5-2-6-13-10(7)8/h1,3-4,9,12H,2,5-6H2/t9-/m0/s1. The Bertz CT molecular complexity index is 312. The lowest BCUT2D eigenvalue weighted by Crippen LogP contribution is -1.98. The van der Waals surface area contributed by atoms with E-state index in [2.05, 4.69) is 0 Å². The van der Waals surface area contributed by atoms with E-state index in [-0.39, 0.29) is 5.75 Å². The van der Waals surface area contributed by atoms with Crippen LogP contribution in [0.4, 0.5) is 4.39 Å². The molecule has 0 aliphatic carbocycles. The molecule has 0 bridgehead atoms. The number of rotatable bonds is 0. The summed E-state index contributed by atoms with van der Waals surface area (Å²) in [4.78, 5) is 0. The van der Waals surface area contributed by atoms with Crippen LogP contribution in [0.5, 0.6) is 5.75 Å². The summed E-state index contributed by atoms with van der Waals surface area (Å²) in [6.07, 6.45) is 0.805. The van der Waals surface area contributed by atoms with Crippen LogP contribution in [-0.2, 0) is 0 Å². The number of benzene rings is 1. The predicted octanol–water partition coefficient (Wildman–Crippen LogP) is 2.03. The van der Waals surface area contributed by atoms with Crippen molar-refractivity contribution in [3.8, 4) is 5.75 Å². The van der Waals surface area contributed by atoms with Gasteiger partial charge in [0.05, 0.1) is 12.7 Å². The van der Waals surface area contributed by atoms with E-state index in [9.17, 15) is 9.50 Å². The Labute approximate surface area is 76.0 Å². The van der Waals surface area contributed by atoms with Gasteiger partial charge in [-0.05, 0) is 18.9 Å². The summed E-state index contributed by atoms with van der Waals surface area (Å²) >= 11 is 0. The lowest BCUT2D eigenvalue weighted by Gasteiger charge is -2.10. The fraction of sp³-hybridized carbons (Fsp3) is 0.400. The maximum atomic E-state index is 13.2. The SMILES string of the molecule is O[C@H]1CCCOc2c(F)cccc21. The van der Waals surface area contributed by atoms with E-state index in [1.807, 2.05) is 0 Å². The number of ether oxygens (including phenoxy) is 1. The fourth-order valence-corrected chi connectivity index (χ4v) is 1.55. The summed E-state index contributed by atoms with van der Waals surface area (Å²) in [5.74, 6) is -0.175. The molecule has 1 atom stereocenters. The van der Waals surface area contributed by atoms with Crippen molar-refractivity contribution in [1.82, 2.24) is 0 Å². The highest BCUT2D eigenvalue weighted by Gasteiger charge is 2.19. The number of hydrogen-bond acceptors (Lipinski definition) is 2. The molecular weight excluding hydrogens is 171 g/mol. The zero-order valence-corrected chi connectivity index (χ0v) is 7.16. The third kappa shape index (κ3) is 1.52. The van der Waals surface area contributed by atoms with E-state index < -0.39 is 11.9 Å². The van der Waals surface area contributed by atoms with Gasteiger partial charge in [0.25, 0.3) is 0 Å². The molecular formula is C10H11FO2. The molecule has 0 radical (unpaired) electrons. The molecule has 0 fully saturated rings. The van der Waals surface area contributed by atoms with E-state index >= 15 is 0 Å². The van der Waals surface area contributed by atoms with Gasteiger partial charge in [-0.3, -0.25) is 0 Å². The zero-order chi connectivity index (χ0) is 9.26. The summed E-state index contributed by atoms with van der Waals surface area (Å²) in [6, 6.07) is 4.64. The molecule has 13 heavy (non-hydrogen) atoms. The van der Waals surface area contributed by atoms with E-state index in [1.54, 1.807) is 12.1 Å². The van der Waals surface area contributed by atoms with Crippen molar-refractivity contribution in [3.63, 3.8) is 0 Å². The second-order valence-electron chi connectivity index (χ2n) is 3.16. The minimum Gasteiger partial charge on any atom is -0.490 e. The van der Waals surface area contributed by atoms with Gasteiger partial charge in [-0.15, -0.1) is 0 Å². The third-order valence-electron chi connectivity index (χ3n) is 2.22.